The van der Waals surface area contributed by atoms with Crippen LogP contribution in [0, 0.1) is 0 Å². The molecule has 0 unspecified atom stereocenters. The van der Waals surface area contributed by atoms with E-state index in [-0.39, 0.29) is 17.4 Å². The minimum atomic E-state index is -3.76. The Morgan fingerprint density at radius 1 is 0.931 bits per heavy atom. The van der Waals surface area contributed by atoms with E-state index in [2.05, 4.69) is 20.0 Å². The van der Waals surface area contributed by atoms with Crippen molar-refractivity contribution in [3.8, 4) is 0 Å². The third-order valence-corrected chi connectivity index (χ3v) is 6.55. The largest absolute Gasteiger partial charge is 0.324 e. The summed E-state index contributed by atoms with van der Waals surface area (Å²) in [6, 6.07) is 16.1. The van der Waals surface area contributed by atoms with Gasteiger partial charge in [-0.25, -0.2) is 23.1 Å². The van der Waals surface area contributed by atoms with Crippen molar-refractivity contribution in [2.24, 2.45) is 4.99 Å². The van der Waals surface area contributed by atoms with Gasteiger partial charge in [0, 0.05) is 23.2 Å². The standard InChI is InChI=1S/C20H16Cl2N4O2S/c21-16-8-2-1-5-13(16)11-14-6-3-9-17-18(14)25-20(26-29(17,27)28)24-12-15-7-4-10-23-19(15)22/h1-10H,11-12H2,(H2,24,25,26). The first-order valence-corrected chi connectivity index (χ1v) is 11.0. The van der Waals surface area contributed by atoms with Gasteiger partial charge in [0.05, 0.1) is 12.2 Å². The quantitative estimate of drug-likeness (QED) is 0.587. The van der Waals surface area contributed by atoms with Gasteiger partial charge in [0.25, 0.3) is 10.0 Å². The number of nitrogens with one attached hydrogen (secondary N) is 2. The third kappa shape index (κ3) is 4.22. The molecule has 0 bridgehead atoms. The SMILES string of the molecule is O=S1(=O)NC(=NCc2cccnc2Cl)Nc2c(Cc3ccccc3Cl)cccc21. The molecule has 148 valence electrons. The zero-order valence-corrected chi connectivity index (χ0v) is 17.4. The van der Waals surface area contributed by atoms with E-state index in [9.17, 15) is 8.42 Å². The molecule has 0 atom stereocenters. The lowest BCUT2D eigenvalue weighted by Crippen LogP contribution is -2.41. The van der Waals surface area contributed by atoms with Gasteiger partial charge in [-0.15, -0.1) is 0 Å². The summed E-state index contributed by atoms with van der Waals surface area (Å²) >= 11 is 12.3. The fourth-order valence-electron chi connectivity index (χ4n) is 3.04. The number of fused-ring (bicyclic) bond motifs is 1. The second kappa shape index (κ2) is 8.02. The fourth-order valence-corrected chi connectivity index (χ4v) is 4.61. The number of rotatable bonds is 4. The summed E-state index contributed by atoms with van der Waals surface area (Å²) in [6.07, 6.45) is 2.06. The zero-order chi connectivity index (χ0) is 20.4. The molecule has 1 aliphatic heterocycles. The highest BCUT2D eigenvalue weighted by atomic mass is 35.5. The number of sulfonamides is 1. The Morgan fingerprint density at radius 2 is 1.69 bits per heavy atom. The first-order valence-electron chi connectivity index (χ1n) is 8.73. The number of anilines is 1. The van der Waals surface area contributed by atoms with E-state index in [1.54, 1.807) is 30.5 Å². The monoisotopic (exact) mass is 446 g/mol. The maximum absolute atomic E-state index is 12.7. The van der Waals surface area contributed by atoms with Crippen LogP contribution < -0.4 is 10.0 Å². The van der Waals surface area contributed by atoms with Crippen LogP contribution in [0.4, 0.5) is 5.69 Å². The Balaban J connectivity index is 1.69. The number of nitrogens with zero attached hydrogens (tertiary/aromatic N) is 2. The highest BCUT2D eigenvalue weighted by Gasteiger charge is 2.28. The molecule has 2 N–H and O–H groups in total. The van der Waals surface area contributed by atoms with E-state index in [1.807, 2.05) is 30.3 Å². The van der Waals surface area contributed by atoms with E-state index in [4.69, 9.17) is 23.2 Å². The Bertz CT molecular complexity index is 1210. The van der Waals surface area contributed by atoms with Crippen molar-refractivity contribution in [1.82, 2.24) is 9.71 Å². The molecule has 2 heterocycles. The Kier molecular flexibility index (Phi) is 5.45. The van der Waals surface area contributed by atoms with Crippen molar-refractivity contribution >= 4 is 44.9 Å². The van der Waals surface area contributed by atoms with Gasteiger partial charge in [0.1, 0.15) is 10.0 Å². The van der Waals surface area contributed by atoms with E-state index >= 15 is 0 Å². The molecule has 6 nitrogen and oxygen atoms in total. The van der Waals surface area contributed by atoms with Crippen LogP contribution in [-0.4, -0.2) is 19.4 Å². The first kappa shape index (κ1) is 19.7. The van der Waals surface area contributed by atoms with Crippen molar-refractivity contribution in [3.05, 3.63) is 87.7 Å². The van der Waals surface area contributed by atoms with Crippen LogP contribution in [-0.2, 0) is 23.0 Å². The maximum atomic E-state index is 12.7. The lowest BCUT2D eigenvalue weighted by Gasteiger charge is -2.24. The number of hydrogen-bond donors (Lipinski definition) is 2. The van der Waals surface area contributed by atoms with Gasteiger partial charge in [-0.2, -0.15) is 0 Å². The number of benzene rings is 2. The molecule has 0 spiro atoms. The summed E-state index contributed by atoms with van der Waals surface area (Å²) < 4.78 is 27.9. The van der Waals surface area contributed by atoms with Gasteiger partial charge >= 0.3 is 0 Å². The van der Waals surface area contributed by atoms with Crippen molar-refractivity contribution in [2.45, 2.75) is 17.9 Å². The third-order valence-electron chi connectivity index (χ3n) is 4.46. The minimum Gasteiger partial charge on any atom is -0.324 e. The van der Waals surface area contributed by atoms with Crippen LogP contribution in [0.3, 0.4) is 0 Å². The number of aromatic nitrogens is 1. The predicted octanol–water partition coefficient (Wildman–Crippen LogP) is 4.24. The van der Waals surface area contributed by atoms with E-state index in [0.717, 1.165) is 11.1 Å². The molecule has 0 amide bonds. The zero-order valence-electron chi connectivity index (χ0n) is 15.1. The molecule has 3 aromatic rings. The van der Waals surface area contributed by atoms with Crippen molar-refractivity contribution in [2.75, 3.05) is 5.32 Å². The molecule has 1 aliphatic rings. The summed E-state index contributed by atoms with van der Waals surface area (Å²) in [5.41, 5.74) is 2.88. The molecular formula is C20H16Cl2N4O2S. The molecule has 1 aromatic heterocycles. The molecule has 2 aromatic carbocycles. The van der Waals surface area contributed by atoms with Crippen LogP contribution in [0.5, 0.6) is 0 Å². The first-order chi connectivity index (χ1) is 13.9. The van der Waals surface area contributed by atoms with Crippen LogP contribution in [0.2, 0.25) is 10.2 Å². The summed E-state index contributed by atoms with van der Waals surface area (Å²) in [5, 5.41) is 4.06. The molecule has 0 saturated heterocycles. The Morgan fingerprint density at radius 3 is 2.48 bits per heavy atom. The molecule has 9 heteroatoms. The molecule has 4 rings (SSSR count). The maximum Gasteiger partial charge on any atom is 0.266 e. The molecule has 0 fully saturated rings. The van der Waals surface area contributed by atoms with Crippen molar-refractivity contribution in [1.29, 1.82) is 0 Å². The Labute approximate surface area is 178 Å². The Hall–Kier alpha value is -2.61. The molecule has 0 saturated carbocycles. The number of halogens is 2. The van der Waals surface area contributed by atoms with Crippen LogP contribution >= 0.6 is 23.2 Å². The van der Waals surface area contributed by atoms with Crippen LogP contribution in [0.25, 0.3) is 0 Å². The lowest BCUT2D eigenvalue weighted by molar-refractivity contribution is 0.591. The summed E-state index contributed by atoms with van der Waals surface area (Å²) in [6.45, 7) is 0.180. The van der Waals surface area contributed by atoms with Gasteiger partial charge in [0.2, 0.25) is 5.96 Å². The number of hydrogen-bond acceptors (Lipinski definition) is 4. The van der Waals surface area contributed by atoms with E-state index in [1.165, 1.54) is 0 Å². The fraction of sp³-hybridized carbons (Fsp3) is 0.100. The van der Waals surface area contributed by atoms with Crippen molar-refractivity contribution < 1.29 is 8.42 Å². The number of guanidine groups is 1. The van der Waals surface area contributed by atoms with Gasteiger partial charge in [0.15, 0.2) is 0 Å². The predicted molar refractivity (Wildman–Crippen MR) is 115 cm³/mol. The summed E-state index contributed by atoms with van der Waals surface area (Å²) in [5.74, 6) is 0.129. The van der Waals surface area contributed by atoms with Crippen LogP contribution in [0.15, 0.2) is 70.7 Å². The topological polar surface area (TPSA) is 83.5 Å². The van der Waals surface area contributed by atoms with Gasteiger partial charge in [-0.3, -0.25) is 0 Å². The minimum absolute atomic E-state index is 0.129. The number of para-hydroxylation sites is 1. The molecule has 0 radical (unpaired) electrons. The number of pyridine rings is 1. The second-order valence-electron chi connectivity index (χ2n) is 6.41. The highest BCUT2D eigenvalue weighted by molar-refractivity contribution is 7.90. The lowest BCUT2D eigenvalue weighted by atomic mass is 10.0. The normalized spacial score (nSPS) is 16.0. The average molecular weight is 447 g/mol. The van der Waals surface area contributed by atoms with E-state index < -0.39 is 10.0 Å². The summed E-state index contributed by atoms with van der Waals surface area (Å²) in [4.78, 5) is 8.51. The second-order valence-corrected chi connectivity index (χ2v) is 8.82. The smallest absolute Gasteiger partial charge is 0.266 e. The molecule has 29 heavy (non-hydrogen) atoms. The highest BCUT2D eigenvalue weighted by Crippen LogP contribution is 2.31. The van der Waals surface area contributed by atoms with Crippen molar-refractivity contribution in [3.63, 3.8) is 0 Å². The molecule has 0 aliphatic carbocycles. The van der Waals surface area contributed by atoms with E-state index in [0.29, 0.717) is 27.8 Å². The number of aliphatic imine (C=N–C) groups is 1. The van der Waals surface area contributed by atoms with Crippen LogP contribution in [0.1, 0.15) is 16.7 Å². The molecular weight excluding hydrogens is 431 g/mol. The van der Waals surface area contributed by atoms with Gasteiger partial charge in [-0.1, -0.05) is 59.6 Å². The average Bonchev–Trinajstić information content (AvgIpc) is 2.69. The summed E-state index contributed by atoms with van der Waals surface area (Å²) in [7, 11) is -3.76. The van der Waals surface area contributed by atoms with Gasteiger partial charge in [-0.05, 0) is 29.3 Å². The van der Waals surface area contributed by atoms with Gasteiger partial charge < -0.3 is 5.32 Å².